The fourth-order valence-corrected chi connectivity index (χ4v) is 2.64. The Morgan fingerprint density at radius 1 is 1.47 bits per heavy atom. The molecule has 4 nitrogen and oxygen atoms in total. The Kier molecular flexibility index (Phi) is 4.56. The van der Waals surface area contributed by atoms with E-state index in [1.165, 1.54) is 11.1 Å². The van der Waals surface area contributed by atoms with Gasteiger partial charge in [0, 0.05) is 24.7 Å². The molecular weight excluding hydrogens is 238 g/mol. The zero-order valence-electron chi connectivity index (χ0n) is 12.0. The predicted molar refractivity (Wildman–Crippen MR) is 77.3 cm³/mol. The van der Waals surface area contributed by atoms with Crippen LogP contribution in [-0.4, -0.2) is 44.0 Å². The summed E-state index contributed by atoms with van der Waals surface area (Å²) < 4.78 is 0. The summed E-state index contributed by atoms with van der Waals surface area (Å²) in [4.78, 5) is 14.4. The van der Waals surface area contributed by atoms with Crippen LogP contribution in [0.1, 0.15) is 28.4 Å². The lowest BCUT2D eigenvalue weighted by molar-refractivity contribution is 0.0933. The molecule has 0 spiro atoms. The molecule has 0 fully saturated rings. The molecule has 1 aliphatic heterocycles. The van der Waals surface area contributed by atoms with Crippen LogP contribution in [0.3, 0.4) is 0 Å². The van der Waals surface area contributed by atoms with Gasteiger partial charge in [-0.05, 0) is 51.2 Å². The highest BCUT2D eigenvalue weighted by Crippen LogP contribution is 2.18. The fourth-order valence-electron chi connectivity index (χ4n) is 2.64. The van der Waals surface area contributed by atoms with Gasteiger partial charge in [-0.3, -0.25) is 4.79 Å². The molecule has 0 aliphatic carbocycles. The molecule has 1 aromatic rings. The molecule has 1 aromatic carbocycles. The molecule has 2 N–H and O–H groups in total. The Labute approximate surface area is 115 Å². The van der Waals surface area contributed by atoms with Gasteiger partial charge in [-0.25, -0.2) is 0 Å². The molecule has 19 heavy (non-hydrogen) atoms. The zero-order valence-corrected chi connectivity index (χ0v) is 12.0. The average molecular weight is 261 g/mol. The first-order valence-electron chi connectivity index (χ1n) is 6.85. The molecule has 1 heterocycles. The summed E-state index contributed by atoms with van der Waals surface area (Å²) >= 11 is 0. The lowest BCUT2D eigenvalue weighted by Gasteiger charge is -2.22. The summed E-state index contributed by atoms with van der Waals surface area (Å²) in [7, 11) is 4.03. The van der Waals surface area contributed by atoms with E-state index in [0.717, 1.165) is 31.6 Å². The first-order chi connectivity index (χ1) is 9.08. The maximum atomic E-state index is 12.4. The van der Waals surface area contributed by atoms with Gasteiger partial charge in [0.1, 0.15) is 0 Å². The number of amides is 1. The molecule has 104 valence electrons. The molecule has 1 atom stereocenters. The van der Waals surface area contributed by atoms with Crippen LogP contribution in [0.15, 0.2) is 18.2 Å². The van der Waals surface area contributed by atoms with Crippen LogP contribution in [0.25, 0.3) is 0 Å². The summed E-state index contributed by atoms with van der Waals surface area (Å²) in [5.74, 6) is 0.0492. The van der Waals surface area contributed by atoms with Gasteiger partial charge in [0.05, 0.1) is 0 Å². The van der Waals surface area contributed by atoms with Crippen LogP contribution >= 0.6 is 0 Å². The quantitative estimate of drug-likeness (QED) is 0.850. The highest BCUT2D eigenvalue weighted by molar-refractivity contribution is 5.96. The topological polar surface area (TPSA) is 44.4 Å². The third kappa shape index (κ3) is 3.55. The van der Waals surface area contributed by atoms with Crippen LogP contribution in [0.2, 0.25) is 0 Å². The van der Waals surface area contributed by atoms with Crippen molar-refractivity contribution in [2.45, 2.75) is 25.9 Å². The minimum absolute atomic E-state index is 0.0492. The summed E-state index contributed by atoms with van der Waals surface area (Å²) in [6.07, 6.45) is 0.932. The molecular formula is C15H23N3O. The van der Waals surface area contributed by atoms with Gasteiger partial charge in [-0.15, -0.1) is 0 Å². The number of nitrogens with one attached hydrogen (secondary N) is 2. The zero-order chi connectivity index (χ0) is 13.8. The van der Waals surface area contributed by atoms with Gasteiger partial charge in [-0.1, -0.05) is 12.1 Å². The Morgan fingerprint density at radius 3 is 3.00 bits per heavy atom. The molecule has 1 unspecified atom stereocenters. The predicted octanol–water partition coefficient (Wildman–Crippen LogP) is 1.01. The maximum absolute atomic E-state index is 12.4. The lowest BCUT2D eigenvalue weighted by Crippen LogP contribution is -2.40. The van der Waals surface area contributed by atoms with Crippen LogP contribution in [0.4, 0.5) is 0 Å². The largest absolute Gasteiger partial charge is 0.348 e. The second-order valence-corrected chi connectivity index (χ2v) is 5.51. The second kappa shape index (κ2) is 6.17. The van der Waals surface area contributed by atoms with Crippen molar-refractivity contribution in [2.75, 3.05) is 27.2 Å². The van der Waals surface area contributed by atoms with Crippen molar-refractivity contribution < 1.29 is 4.79 Å². The monoisotopic (exact) mass is 261 g/mol. The number of rotatable bonds is 4. The van der Waals surface area contributed by atoms with Crippen LogP contribution in [0, 0.1) is 0 Å². The molecule has 0 saturated carbocycles. The minimum atomic E-state index is 0.0492. The van der Waals surface area contributed by atoms with Gasteiger partial charge in [0.15, 0.2) is 0 Å². The number of hydrogen-bond donors (Lipinski definition) is 2. The Hall–Kier alpha value is -1.39. The van der Waals surface area contributed by atoms with Crippen molar-refractivity contribution in [2.24, 2.45) is 0 Å². The van der Waals surface area contributed by atoms with E-state index in [2.05, 4.69) is 21.6 Å². The van der Waals surface area contributed by atoms with Gasteiger partial charge in [-0.2, -0.15) is 0 Å². The number of likely N-dealkylation sites (N-methyl/N-ethyl adjacent to an activating group) is 1. The van der Waals surface area contributed by atoms with E-state index in [-0.39, 0.29) is 11.9 Å². The summed E-state index contributed by atoms with van der Waals surface area (Å²) in [5, 5.41) is 6.41. The first-order valence-corrected chi connectivity index (χ1v) is 6.85. The summed E-state index contributed by atoms with van der Waals surface area (Å²) in [6, 6.07) is 6.15. The maximum Gasteiger partial charge on any atom is 0.251 e. The van der Waals surface area contributed by atoms with Crippen LogP contribution in [0.5, 0.6) is 0 Å². The number of benzene rings is 1. The lowest BCUT2D eigenvalue weighted by atomic mass is 9.95. The van der Waals surface area contributed by atoms with E-state index < -0.39 is 0 Å². The van der Waals surface area contributed by atoms with E-state index in [1.807, 2.05) is 33.2 Å². The van der Waals surface area contributed by atoms with Gasteiger partial charge < -0.3 is 15.5 Å². The number of hydrogen-bond acceptors (Lipinski definition) is 3. The second-order valence-electron chi connectivity index (χ2n) is 5.51. The van der Waals surface area contributed by atoms with Crippen molar-refractivity contribution in [3.8, 4) is 0 Å². The van der Waals surface area contributed by atoms with E-state index in [4.69, 9.17) is 0 Å². The molecule has 0 aromatic heterocycles. The van der Waals surface area contributed by atoms with Crippen molar-refractivity contribution >= 4 is 5.91 Å². The minimum Gasteiger partial charge on any atom is -0.348 e. The smallest absolute Gasteiger partial charge is 0.251 e. The van der Waals surface area contributed by atoms with Gasteiger partial charge in [0.2, 0.25) is 0 Å². The van der Waals surface area contributed by atoms with E-state index in [1.54, 1.807) is 0 Å². The van der Waals surface area contributed by atoms with Crippen LogP contribution in [-0.2, 0) is 13.0 Å². The summed E-state index contributed by atoms with van der Waals surface area (Å²) in [6.45, 7) is 4.70. The molecule has 0 saturated heterocycles. The Morgan fingerprint density at radius 2 is 2.26 bits per heavy atom. The Bertz CT molecular complexity index is 457. The van der Waals surface area contributed by atoms with Crippen molar-refractivity contribution in [3.63, 3.8) is 0 Å². The summed E-state index contributed by atoms with van der Waals surface area (Å²) in [5.41, 5.74) is 3.29. The van der Waals surface area contributed by atoms with Gasteiger partial charge >= 0.3 is 0 Å². The highest BCUT2D eigenvalue weighted by atomic mass is 16.1. The number of carbonyl (C=O) groups is 1. The molecule has 1 amide bonds. The first kappa shape index (κ1) is 14.0. The van der Waals surface area contributed by atoms with Crippen molar-refractivity contribution in [3.05, 3.63) is 34.9 Å². The number of nitrogens with zero attached hydrogens (tertiary/aromatic N) is 1. The van der Waals surface area contributed by atoms with Crippen molar-refractivity contribution in [1.82, 2.24) is 15.5 Å². The highest BCUT2D eigenvalue weighted by Gasteiger charge is 2.18. The standard InChI is InChI=1S/C15H23N3O/c1-11(10-18(2)3)17-15(19)14-6-4-5-12-9-16-8-7-13(12)14/h4-6,11,16H,7-10H2,1-3H3,(H,17,19). The SMILES string of the molecule is CC(CN(C)C)NC(=O)c1cccc2c1CCNC2. The molecule has 0 bridgehead atoms. The molecule has 1 aliphatic rings. The Balaban J connectivity index is 2.11. The third-order valence-corrected chi connectivity index (χ3v) is 3.40. The van der Waals surface area contributed by atoms with E-state index in [0.29, 0.717) is 0 Å². The average Bonchev–Trinajstić information content (AvgIpc) is 2.36. The molecule has 0 radical (unpaired) electrons. The molecule has 4 heteroatoms. The normalized spacial score (nSPS) is 16.0. The third-order valence-electron chi connectivity index (χ3n) is 3.40. The fraction of sp³-hybridized carbons (Fsp3) is 0.533. The van der Waals surface area contributed by atoms with Gasteiger partial charge in [0.25, 0.3) is 5.91 Å². The van der Waals surface area contributed by atoms with Crippen LogP contribution < -0.4 is 10.6 Å². The van der Waals surface area contributed by atoms with E-state index >= 15 is 0 Å². The number of carbonyl (C=O) groups excluding carboxylic acids is 1. The number of fused-ring (bicyclic) bond motifs is 1. The van der Waals surface area contributed by atoms with Crippen molar-refractivity contribution in [1.29, 1.82) is 0 Å². The molecule has 2 rings (SSSR count). The van der Waals surface area contributed by atoms with E-state index in [9.17, 15) is 4.79 Å².